The molecule has 3 heterocycles. The van der Waals surface area contributed by atoms with Gasteiger partial charge in [0.05, 0.1) is 12.6 Å². The molecule has 196 valence electrons. The van der Waals surface area contributed by atoms with Crippen molar-refractivity contribution in [1.29, 1.82) is 0 Å². The highest BCUT2D eigenvalue weighted by Crippen LogP contribution is 2.33. The highest BCUT2D eigenvalue weighted by molar-refractivity contribution is 8.06. The first-order valence-corrected chi connectivity index (χ1v) is 13.6. The number of carbonyl (C=O) groups is 4. The van der Waals surface area contributed by atoms with Crippen LogP contribution in [-0.2, 0) is 24.4 Å². The number of nitrogens with zero attached hydrogens (tertiary/aromatic N) is 3. The minimum Gasteiger partial charge on any atom is -0.340 e. The molecular weight excluding hydrogens is 496 g/mol. The van der Waals surface area contributed by atoms with Crippen LogP contribution >= 0.6 is 0 Å². The molecule has 3 aliphatic heterocycles. The number of nitrogens with one attached hydrogen (secondary N) is 1. The molecule has 0 radical (unpaired) electrons. The maximum Gasteiger partial charge on any atom is 0.264 e. The number of carbonyl (C=O) groups excluding carboxylic acids is 4. The summed E-state index contributed by atoms with van der Waals surface area (Å²) in [4.78, 5) is 56.9. The number of benzene rings is 1. The Morgan fingerprint density at radius 2 is 1.92 bits per heavy atom. The zero-order valence-corrected chi connectivity index (χ0v) is 21.6. The summed E-state index contributed by atoms with van der Waals surface area (Å²) in [6, 6.07) is 4.12. The summed E-state index contributed by atoms with van der Waals surface area (Å²) in [5, 5.41) is 2.22. The van der Waals surface area contributed by atoms with E-state index in [1.54, 1.807) is 30.3 Å². The molecule has 3 atom stereocenters. The third kappa shape index (κ3) is 5.19. The number of hydrogen-bond donors (Lipinski definition) is 1. The molecule has 1 N–H and O–H groups in total. The lowest BCUT2D eigenvalue weighted by molar-refractivity contribution is -0.138. The molecule has 0 aromatic heterocycles. The van der Waals surface area contributed by atoms with Crippen LogP contribution in [-0.4, -0.2) is 77.3 Å². The van der Waals surface area contributed by atoms with Gasteiger partial charge in [0, 0.05) is 24.7 Å². The molecule has 0 aliphatic carbocycles. The molecule has 1 aromatic rings. The highest BCUT2D eigenvalue weighted by atomic mass is 32.2. The maximum absolute atomic E-state index is 13.6. The first-order valence-electron chi connectivity index (χ1n) is 12.2. The van der Waals surface area contributed by atoms with Gasteiger partial charge >= 0.3 is 0 Å². The van der Waals surface area contributed by atoms with Crippen molar-refractivity contribution in [2.75, 3.05) is 13.1 Å². The summed E-state index contributed by atoms with van der Waals surface area (Å²) in [7, 11) is -4.30. The van der Waals surface area contributed by atoms with Gasteiger partial charge in [-0.1, -0.05) is 44.7 Å². The highest BCUT2D eigenvalue weighted by Gasteiger charge is 2.55. The van der Waals surface area contributed by atoms with E-state index in [-0.39, 0.29) is 25.3 Å². The van der Waals surface area contributed by atoms with Gasteiger partial charge in [-0.3, -0.25) is 19.2 Å². The number of fused-ring (bicyclic) bond motifs is 1. The standard InChI is InChI=1S/C26H30N4O6S/c1-4-17-7-9-18(10-8-17)24(33)28-19(14-16(2)3)26(34)29-13-11-20-23(29)22(32)15-30(20)37(35,36)25-21(31)6-5-12-27-25/h4-5,7-10,12,16,19-20,23H,1,6,11,13-15H2,2-3H3,(H,28,33). The number of aliphatic imine (C=N–C) groups is 1. The Kier molecular flexibility index (Phi) is 7.56. The van der Waals surface area contributed by atoms with E-state index in [9.17, 15) is 27.6 Å². The quantitative estimate of drug-likeness (QED) is 0.573. The number of sulfonamides is 1. The Hall–Kier alpha value is -3.44. The van der Waals surface area contributed by atoms with E-state index in [1.165, 1.54) is 17.2 Å². The normalized spacial score (nSPS) is 22.7. The van der Waals surface area contributed by atoms with Crippen molar-refractivity contribution >= 4 is 44.5 Å². The fraction of sp³-hybridized carbons (Fsp3) is 0.423. The van der Waals surface area contributed by atoms with Crippen LogP contribution in [0.15, 0.2) is 48.1 Å². The molecule has 2 amide bonds. The van der Waals surface area contributed by atoms with Crippen LogP contribution in [0.5, 0.6) is 0 Å². The predicted molar refractivity (Wildman–Crippen MR) is 138 cm³/mol. The van der Waals surface area contributed by atoms with Gasteiger partial charge in [-0.15, -0.1) is 0 Å². The van der Waals surface area contributed by atoms with E-state index < -0.39 is 63.1 Å². The zero-order valence-electron chi connectivity index (χ0n) is 20.8. The van der Waals surface area contributed by atoms with Crippen LogP contribution in [0.3, 0.4) is 0 Å². The van der Waals surface area contributed by atoms with Crippen molar-refractivity contribution in [1.82, 2.24) is 14.5 Å². The van der Waals surface area contributed by atoms with E-state index in [0.717, 1.165) is 9.87 Å². The smallest absolute Gasteiger partial charge is 0.264 e. The van der Waals surface area contributed by atoms with Crippen molar-refractivity contribution < 1.29 is 27.6 Å². The van der Waals surface area contributed by atoms with Gasteiger partial charge in [-0.05, 0) is 36.5 Å². The van der Waals surface area contributed by atoms with Crippen LogP contribution in [0.1, 0.15) is 49.0 Å². The van der Waals surface area contributed by atoms with E-state index in [0.29, 0.717) is 12.0 Å². The molecule has 1 aromatic carbocycles. The number of likely N-dealkylation sites (tertiary alicyclic amines) is 1. The SMILES string of the molecule is C=Cc1ccc(C(=O)NC(CC(C)C)C(=O)N2CCC3C2C(=O)CN3S(=O)(=O)C2=NC=CCC2=O)cc1. The lowest BCUT2D eigenvalue weighted by atomic mass is 10.0. The van der Waals surface area contributed by atoms with Crippen molar-refractivity contribution in [2.45, 2.75) is 51.2 Å². The average molecular weight is 527 g/mol. The Morgan fingerprint density at radius 3 is 2.54 bits per heavy atom. The summed E-state index contributed by atoms with van der Waals surface area (Å²) < 4.78 is 27.4. The van der Waals surface area contributed by atoms with Gasteiger partial charge in [0.25, 0.3) is 15.9 Å². The first kappa shape index (κ1) is 26.6. The second-order valence-corrected chi connectivity index (χ2v) is 11.6. The molecule has 37 heavy (non-hydrogen) atoms. The first-order chi connectivity index (χ1) is 17.5. The van der Waals surface area contributed by atoms with Gasteiger partial charge in [0.2, 0.25) is 11.0 Å². The Balaban J connectivity index is 1.54. The van der Waals surface area contributed by atoms with E-state index in [1.807, 2.05) is 13.8 Å². The Morgan fingerprint density at radius 1 is 1.22 bits per heavy atom. The molecule has 2 saturated heterocycles. The van der Waals surface area contributed by atoms with Crippen LogP contribution in [0.2, 0.25) is 0 Å². The summed E-state index contributed by atoms with van der Waals surface area (Å²) in [5.74, 6) is -1.85. The van der Waals surface area contributed by atoms with E-state index in [4.69, 9.17) is 0 Å². The van der Waals surface area contributed by atoms with Crippen LogP contribution in [0.25, 0.3) is 6.08 Å². The van der Waals surface area contributed by atoms with Crippen molar-refractivity contribution in [3.63, 3.8) is 0 Å². The number of Topliss-reactive ketones (excluding diaryl/α,β-unsaturated/α-hetero) is 2. The fourth-order valence-corrected chi connectivity index (χ4v) is 6.67. The third-order valence-electron chi connectivity index (χ3n) is 6.77. The van der Waals surface area contributed by atoms with Crippen LogP contribution in [0, 0.1) is 5.92 Å². The molecule has 0 bridgehead atoms. The lowest BCUT2D eigenvalue weighted by Gasteiger charge is -2.29. The zero-order chi connectivity index (χ0) is 26.9. The van der Waals surface area contributed by atoms with Crippen LogP contribution in [0.4, 0.5) is 0 Å². The molecule has 0 spiro atoms. The second-order valence-electron chi connectivity index (χ2n) is 9.78. The number of rotatable bonds is 7. The summed E-state index contributed by atoms with van der Waals surface area (Å²) >= 11 is 0. The summed E-state index contributed by atoms with van der Waals surface area (Å²) in [5.41, 5.74) is 1.23. The summed E-state index contributed by atoms with van der Waals surface area (Å²) in [6.07, 6.45) is 4.89. The number of hydrogen-bond acceptors (Lipinski definition) is 7. The molecule has 4 rings (SSSR count). The minimum absolute atomic E-state index is 0.0651. The molecular formula is C26H30N4O6S. The van der Waals surface area contributed by atoms with Crippen LogP contribution < -0.4 is 5.32 Å². The van der Waals surface area contributed by atoms with E-state index in [2.05, 4.69) is 16.9 Å². The van der Waals surface area contributed by atoms with Crippen molar-refractivity contribution in [2.24, 2.45) is 10.9 Å². The second kappa shape index (κ2) is 10.5. The number of ketones is 2. The van der Waals surface area contributed by atoms with Gasteiger partial charge in [-0.25, -0.2) is 13.4 Å². The molecule has 11 heteroatoms. The number of allylic oxidation sites excluding steroid dienone is 1. The predicted octanol–water partition coefficient (Wildman–Crippen LogP) is 1.54. The van der Waals surface area contributed by atoms with Gasteiger partial charge < -0.3 is 10.2 Å². The van der Waals surface area contributed by atoms with Gasteiger partial charge in [0.15, 0.2) is 11.6 Å². The topological polar surface area (TPSA) is 133 Å². The molecule has 2 fully saturated rings. The third-order valence-corrected chi connectivity index (χ3v) is 8.61. The van der Waals surface area contributed by atoms with Crippen molar-refractivity contribution in [3.8, 4) is 0 Å². The summed E-state index contributed by atoms with van der Waals surface area (Å²) in [6.45, 7) is 7.25. The largest absolute Gasteiger partial charge is 0.340 e. The maximum atomic E-state index is 13.6. The van der Waals surface area contributed by atoms with Crippen molar-refractivity contribution in [3.05, 3.63) is 54.2 Å². The monoisotopic (exact) mass is 526 g/mol. The molecule has 10 nitrogen and oxygen atoms in total. The molecule has 3 aliphatic rings. The lowest BCUT2D eigenvalue weighted by Crippen LogP contribution is -2.53. The molecule has 0 saturated carbocycles. The molecule has 3 unspecified atom stereocenters. The Labute approximate surface area is 216 Å². The van der Waals surface area contributed by atoms with E-state index >= 15 is 0 Å². The minimum atomic E-state index is -4.30. The van der Waals surface area contributed by atoms with Gasteiger partial charge in [-0.2, -0.15) is 4.31 Å². The number of amides is 2. The Bertz CT molecular complexity index is 1300. The average Bonchev–Trinajstić information content (AvgIpc) is 3.44. The van der Waals surface area contributed by atoms with Gasteiger partial charge in [0.1, 0.15) is 12.1 Å². The fourth-order valence-electron chi connectivity index (χ4n) is 5.01.